The maximum absolute atomic E-state index is 14.1. The van der Waals surface area contributed by atoms with Gasteiger partial charge in [-0.2, -0.15) is 10.4 Å². The normalized spacial score (nSPS) is 10.0. The van der Waals surface area contributed by atoms with E-state index in [1.165, 1.54) is 24.3 Å². The highest BCUT2D eigenvalue weighted by atomic mass is 19.2. The van der Waals surface area contributed by atoms with E-state index in [0.717, 1.165) is 18.2 Å². The minimum absolute atomic E-state index is 0.00871. The number of anilines is 2. The number of hydrogen-bond donors (Lipinski definition) is 0. The highest BCUT2D eigenvalue weighted by molar-refractivity contribution is 5.61. The number of nitriles is 1. The van der Waals surface area contributed by atoms with Crippen LogP contribution in [0, 0.1) is 23.0 Å². The van der Waals surface area contributed by atoms with Crippen LogP contribution in [0.5, 0.6) is 0 Å². The Hall–Kier alpha value is -2.48. The van der Waals surface area contributed by atoms with Crippen molar-refractivity contribution in [3.63, 3.8) is 0 Å². The largest absolute Gasteiger partial charge is 0.207 e. The highest BCUT2D eigenvalue weighted by Gasteiger charge is 2.14. The molecule has 5 heteroatoms. The molecular weight excluding hydrogens is 253 g/mol. The van der Waals surface area contributed by atoms with Gasteiger partial charge in [-0.25, -0.2) is 8.78 Å². The first-order valence-corrected chi connectivity index (χ1v) is 5.48. The van der Waals surface area contributed by atoms with Crippen LogP contribution in [-0.2, 0) is 6.42 Å². The summed E-state index contributed by atoms with van der Waals surface area (Å²) >= 11 is 0. The van der Waals surface area contributed by atoms with Crippen LogP contribution in [0.1, 0.15) is 5.56 Å². The monoisotopic (exact) mass is 262 g/mol. The van der Waals surface area contributed by atoms with Crippen LogP contribution in [0.2, 0.25) is 0 Å². The summed E-state index contributed by atoms with van der Waals surface area (Å²) in [5, 5.41) is 8.69. The summed E-state index contributed by atoms with van der Waals surface area (Å²) < 4.78 is 40.4. The van der Waals surface area contributed by atoms with Crippen LogP contribution in [0.15, 0.2) is 42.5 Å². The number of hydrogen-bond acceptors (Lipinski definition) is 2. The van der Waals surface area contributed by atoms with Gasteiger partial charge in [-0.15, -0.1) is 0 Å². The second kappa shape index (κ2) is 5.44. The van der Waals surface area contributed by atoms with Crippen molar-refractivity contribution in [2.45, 2.75) is 6.42 Å². The SMILES string of the molecule is N#CCc1ccc(F)c(N(F)c2ccc(F)cc2)c1. The van der Waals surface area contributed by atoms with E-state index in [1.807, 2.05) is 6.07 Å². The van der Waals surface area contributed by atoms with Crippen molar-refractivity contribution in [3.8, 4) is 6.07 Å². The van der Waals surface area contributed by atoms with Gasteiger partial charge in [0.25, 0.3) is 0 Å². The van der Waals surface area contributed by atoms with E-state index in [2.05, 4.69) is 0 Å². The first-order chi connectivity index (χ1) is 9.11. The molecule has 2 rings (SSSR count). The summed E-state index contributed by atoms with van der Waals surface area (Å²) in [5.41, 5.74) is 0.206. The zero-order valence-corrected chi connectivity index (χ0v) is 9.78. The zero-order valence-electron chi connectivity index (χ0n) is 9.78. The molecule has 0 aromatic heterocycles. The third-order valence-corrected chi connectivity index (χ3v) is 2.56. The van der Waals surface area contributed by atoms with Crippen molar-refractivity contribution in [1.82, 2.24) is 0 Å². The Kier molecular flexibility index (Phi) is 3.71. The molecule has 0 saturated carbocycles. The van der Waals surface area contributed by atoms with Gasteiger partial charge in [0.05, 0.1) is 18.2 Å². The van der Waals surface area contributed by atoms with Crippen LogP contribution < -0.4 is 5.12 Å². The summed E-state index contributed by atoms with van der Waals surface area (Å²) in [5.74, 6) is -1.26. The Morgan fingerprint density at radius 1 is 1.05 bits per heavy atom. The molecular formula is C14H9F3N2. The molecule has 0 N–H and O–H groups in total. The molecule has 2 nitrogen and oxygen atoms in total. The highest BCUT2D eigenvalue weighted by Crippen LogP contribution is 2.29. The van der Waals surface area contributed by atoms with E-state index in [9.17, 15) is 13.3 Å². The smallest absolute Gasteiger partial charge is 0.149 e. The van der Waals surface area contributed by atoms with Gasteiger partial charge in [-0.05, 0) is 42.0 Å². The fraction of sp³-hybridized carbons (Fsp3) is 0.0714. The number of nitrogens with zero attached hydrogens (tertiary/aromatic N) is 2. The average Bonchev–Trinajstić information content (AvgIpc) is 2.41. The minimum atomic E-state index is -0.756. The van der Waals surface area contributed by atoms with Crippen molar-refractivity contribution in [3.05, 3.63) is 59.7 Å². The van der Waals surface area contributed by atoms with Gasteiger partial charge < -0.3 is 0 Å². The van der Waals surface area contributed by atoms with E-state index < -0.39 is 11.6 Å². The van der Waals surface area contributed by atoms with E-state index in [4.69, 9.17) is 5.26 Å². The third-order valence-electron chi connectivity index (χ3n) is 2.56. The Bertz CT molecular complexity index is 618. The molecule has 0 spiro atoms. The Balaban J connectivity index is 2.37. The van der Waals surface area contributed by atoms with Gasteiger partial charge in [0, 0.05) is 0 Å². The topological polar surface area (TPSA) is 27.0 Å². The van der Waals surface area contributed by atoms with Crippen LogP contribution in [-0.4, -0.2) is 0 Å². The van der Waals surface area contributed by atoms with Gasteiger partial charge in [0.2, 0.25) is 0 Å². The van der Waals surface area contributed by atoms with Gasteiger partial charge in [0.1, 0.15) is 17.3 Å². The summed E-state index contributed by atoms with van der Waals surface area (Å²) in [7, 11) is 0. The Morgan fingerprint density at radius 3 is 2.37 bits per heavy atom. The lowest BCUT2D eigenvalue weighted by molar-refractivity contribution is 0.488. The standard InChI is InChI=1S/C14H9F3N2/c15-11-2-4-12(5-3-11)19(17)14-9-10(7-8-18)1-6-13(14)16/h1-6,9H,7H2. The van der Waals surface area contributed by atoms with Crippen molar-refractivity contribution < 1.29 is 13.3 Å². The zero-order chi connectivity index (χ0) is 13.8. The predicted octanol–water partition coefficient (Wildman–Crippen LogP) is 4.05. The summed E-state index contributed by atoms with van der Waals surface area (Å²) in [6.07, 6.45) is 0.0601. The first kappa shape index (κ1) is 13.0. The number of benzene rings is 2. The maximum atomic E-state index is 14.1. The molecule has 0 aliphatic carbocycles. The summed E-state index contributed by atoms with van der Waals surface area (Å²) in [6, 6.07) is 10.2. The van der Waals surface area contributed by atoms with Crippen LogP contribution in [0.3, 0.4) is 0 Å². The van der Waals surface area contributed by atoms with E-state index in [1.54, 1.807) is 0 Å². The first-order valence-electron chi connectivity index (χ1n) is 5.48. The molecule has 2 aromatic carbocycles. The van der Waals surface area contributed by atoms with Crippen molar-refractivity contribution in [1.29, 1.82) is 5.26 Å². The van der Waals surface area contributed by atoms with Gasteiger partial charge in [0.15, 0.2) is 0 Å². The lowest BCUT2D eigenvalue weighted by atomic mass is 10.1. The quantitative estimate of drug-likeness (QED) is 0.780. The van der Waals surface area contributed by atoms with Crippen molar-refractivity contribution in [2.75, 3.05) is 5.12 Å². The van der Waals surface area contributed by atoms with Gasteiger partial charge >= 0.3 is 0 Å². The molecule has 0 bridgehead atoms. The molecule has 0 fully saturated rings. The van der Waals surface area contributed by atoms with E-state index in [0.29, 0.717) is 5.56 Å². The lowest BCUT2D eigenvalue weighted by Crippen LogP contribution is -2.06. The van der Waals surface area contributed by atoms with Crippen LogP contribution in [0.25, 0.3) is 0 Å². The second-order valence-electron chi connectivity index (χ2n) is 3.88. The molecule has 0 aliphatic rings. The number of halogens is 3. The number of rotatable bonds is 3. The molecule has 0 unspecified atom stereocenters. The van der Waals surface area contributed by atoms with Crippen molar-refractivity contribution in [2.24, 2.45) is 0 Å². The second-order valence-corrected chi connectivity index (χ2v) is 3.88. The minimum Gasteiger partial charge on any atom is -0.207 e. The maximum Gasteiger partial charge on any atom is 0.149 e. The molecule has 19 heavy (non-hydrogen) atoms. The molecule has 0 amide bonds. The van der Waals surface area contributed by atoms with Gasteiger partial charge in [-0.3, -0.25) is 0 Å². The van der Waals surface area contributed by atoms with E-state index >= 15 is 0 Å². The van der Waals surface area contributed by atoms with Gasteiger partial charge in [-0.1, -0.05) is 10.5 Å². The van der Waals surface area contributed by atoms with Crippen molar-refractivity contribution >= 4 is 11.4 Å². The fourth-order valence-electron chi connectivity index (χ4n) is 1.62. The summed E-state index contributed by atoms with van der Waals surface area (Å²) in [4.78, 5) is 0. The molecule has 0 atom stereocenters. The fourth-order valence-corrected chi connectivity index (χ4v) is 1.62. The molecule has 2 aromatic rings. The molecule has 0 radical (unpaired) electrons. The van der Waals surface area contributed by atoms with Crippen LogP contribution >= 0.6 is 0 Å². The molecule has 0 saturated heterocycles. The predicted molar refractivity (Wildman–Crippen MR) is 65.4 cm³/mol. The summed E-state index contributed by atoms with van der Waals surface area (Å²) in [6.45, 7) is 0. The van der Waals surface area contributed by atoms with E-state index in [-0.39, 0.29) is 22.9 Å². The molecule has 0 heterocycles. The molecule has 0 aliphatic heterocycles. The Morgan fingerprint density at radius 2 is 1.74 bits per heavy atom. The van der Waals surface area contributed by atoms with Crippen LogP contribution in [0.4, 0.5) is 24.6 Å². The lowest BCUT2D eigenvalue weighted by Gasteiger charge is -2.15. The third kappa shape index (κ3) is 2.86. The Labute approximate surface area is 108 Å². The molecule has 96 valence electrons. The average molecular weight is 262 g/mol.